The minimum atomic E-state index is -0.572. The van der Waals surface area contributed by atoms with Crippen molar-refractivity contribution in [3.05, 3.63) is 48.6 Å². The molecule has 0 aliphatic rings. The maximum atomic E-state index is 11.7. The highest BCUT2D eigenvalue weighted by Crippen LogP contribution is 2.23. The van der Waals surface area contributed by atoms with E-state index in [1.807, 2.05) is 18.2 Å². The van der Waals surface area contributed by atoms with Crippen molar-refractivity contribution in [2.24, 2.45) is 0 Å². The lowest BCUT2D eigenvalue weighted by molar-refractivity contribution is -0.149. The molecule has 2 heterocycles. The number of carbonyl (C=O) groups is 2. The number of rotatable bonds is 9. The minimum Gasteiger partial charge on any atom is -0.462 e. The monoisotopic (exact) mass is 398 g/mol. The van der Waals surface area contributed by atoms with Crippen LogP contribution in [0.15, 0.2) is 46.0 Å². The molecule has 0 N–H and O–H groups in total. The normalized spacial score (nSPS) is 10.5. The van der Waals surface area contributed by atoms with Gasteiger partial charge in [-0.15, -0.1) is 0 Å². The first-order valence-electron chi connectivity index (χ1n) is 8.73. The molecule has 0 aliphatic heterocycles. The smallest absolute Gasteiger partial charge is 0.330 e. The summed E-state index contributed by atoms with van der Waals surface area (Å²) in [5, 5.41) is 7.71. The van der Waals surface area contributed by atoms with Gasteiger partial charge in [0.1, 0.15) is 13.2 Å². The number of esters is 2. The molecule has 0 fully saturated rings. The van der Waals surface area contributed by atoms with Gasteiger partial charge in [-0.25, -0.2) is 4.79 Å². The summed E-state index contributed by atoms with van der Waals surface area (Å²) in [6.45, 7) is 4.94. The third kappa shape index (κ3) is 5.58. The van der Waals surface area contributed by atoms with Crippen LogP contribution in [0.2, 0.25) is 0 Å². The number of hydrogen-bond donors (Lipinski definition) is 0. The van der Waals surface area contributed by atoms with E-state index in [0.717, 1.165) is 11.6 Å². The molecule has 0 spiro atoms. The molecule has 3 rings (SSSR count). The van der Waals surface area contributed by atoms with Crippen molar-refractivity contribution in [2.75, 3.05) is 13.2 Å². The van der Waals surface area contributed by atoms with Crippen LogP contribution in [0.1, 0.15) is 18.1 Å². The number of carbonyl (C=O) groups excluding carboxylic acids is 2. The quantitative estimate of drug-likeness (QED) is 0.300. The van der Waals surface area contributed by atoms with Gasteiger partial charge in [-0.2, -0.15) is 9.97 Å². The molecule has 0 unspecified atom stereocenters. The van der Waals surface area contributed by atoms with Crippen LogP contribution in [0.5, 0.6) is 0 Å². The van der Waals surface area contributed by atoms with E-state index in [1.165, 1.54) is 0 Å². The topological polar surface area (TPSA) is 130 Å². The average Bonchev–Trinajstić information content (AvgIpc) is 3.39. The van der Waals surface area contributed by atoms with Gasteiger partial charge in [0, 0.05) is 23.6 Å². The maximum Gasteiger partial charge on any atom is 0.330 e. The Morgan fingerprint density at radius 1 is 1.10 bits per heavy atom. The largest absolute Gasteiger partial charge is 0.462 e. The van der Waals surface area contributed by atoms with E-state index in [9.17, 15) is 9.59 Å². The summed E-state index contributed by atoms with van der Waals surface area (Å²) in [6.07, 6.45) is 1.31. The van der Waals surface area contributed by atoms with Crippen LogP contribution < -0.4 is 0 Å². The molecule has 0 amide bonds. The van der Waals surface area contributed by atoms with E-state index in [1.54, 1.807) is 13.0 Å². The lowest BCUT2D eigenvalue weighted by Crippen LogP contribution is -2.13. The number of nitrogens with zero attached hydrogens (tertiary/aromatic N) is 4. The molecule has 0 saturated carbocycles. The highest BCUT2D eigenvalue weighted by atomic mass is 16.6. The summed E-state index contributed by atoms with van der Waals surface area (Å²) in [4.78, 5) is 31.1. The van der Waals surface area contributed by atoms with Gasteiger partial charge in [-0.05, 0) is 19.1 Å². The zero-order valence-corrected chi connectivity index (χ0v) is 15.7. The van der Waals surface area contributed by atoms with Gasteiger partial charge in [0.25, 0.3) is 5.89 Å². The highest BCUT2D eigenvalue weighted by Gasteiger charge is 2.13. The predicted molar refractivity (Wildman–Crippen MR) is 98.2 cm³/mol. The van der Waals surface area contributed by atoms with Gasteiger partial charge in [0.2, 0.25) is 11.7 Å². The van der Waals surface area contributed by atoms with E-state index in [4.69, 9.17) is 18.5 Å². The highest BCUT2D eigenvalue weighted by molar-refractivity contribution is 5.81. The maximum absolute atomic E-state index is 11.7. The summed E-state index contributed by atoms with van der Waals surface area (Å²) in [6, 6.07) is 7.27. The summed E-state index contributed by atoms with van der Waals surface area (Å²) in [7, 11) is 0. The fraction of sp³-hybridized carbons (Fsp3) is 0.263. The van der Waals surface area contributed by atoms with Crippen LogP contribution in [0.25, 0.3) is 22.8 Å². The number of ether oxygens (including phenoxy) is 2. The van der Waals surface area contributed by atoms with Crippen molar-refractivity contribution in [3.8, 4) is 22.8 Å². The molecule has 150 valence electrons. The Morgan fingerprint density at radius 3 is 2.66 bits per heavy atom. The molecule has 0 radical (unpaired) electrons. The second-order valence-corrected chi connectivity index (χ2v) is 5.83. The van der Waals surface area contributed by atoms with Crippen LogP contribution >= 0.6 is 0 Å². The zero-order chi connectivity index (χ0) is 20.6. The van der Waals surface area contributed by atoms with Gasteiger partial charge in [0.15, 0.2) is 5.82 Å². The Balaban J connectivity index is 1.52. The molecule has 10 heteroatoms. The SMILES string of the molecule is C=CC(=O)OCCOC(=O)CCc1nc(-c2cccc(-c3nc(C)no3)c2)no1. The molecule has 29 heavy (non-hydrogen) atoms. The molecule has 2 aromatic heterocycles. The fourth-order valence-corrected chi connectivity index (χ4v) is 2.32. The van der Waals surface area contributed by atoms with Crippen LogP contribution in [-0.2, 0) is 25.5 Å². The molecule has 10 nitrogen and oxygen atoms in total. The minimum absolute atomic E-state index is 0.0305. The van der Waals surface area contributed by atoms with Crippen molar-refractivity contribution >= 4 is 11.9 Å². The van der Waals surface area contributed by atoms with Gasteiger partial charge < -0.3 is 18.5 Å². The number of benzene rings is 1. The molecule has 3 aromatic rings. The van der Waals surface area contributed by atoms with E-state index in [2.05, 4.69) is 26.9 Å². The Kier molecular flexibility index (Phi) is 6.46. The summed E-state index contributed by atoms with van der Waals surface area (Å²) in [5.74, 6) is 0.579. The Hall–Kier alpha value is -3.82. The first-order chi connectivity index (χ1) is 14.0. The Bertz CT molecular complexity index is 1010. The first kappa shape index (κ1) is 19.9. The van der Waals surface area contributed by atoms with Crippen LogP contribution in [-0.4, -0.2) is 45.4 Å². The van der Waals surface area contributed by atoms with Crippen LogP contribution in [0.4, 0.5) is 0 Å². The molecular formula is C19H18N4O6. The zero-order valence-electron chi connectivity index (χ0n) is 15.7. The van der Waals surface area contributed by atoms with Crippen LogP contribution in [0, 0.1) is 6.92 Å². The van der Waals surface area contributed by atoms with Crippen molar-refractivity contribution in [1.29, 1.82) is 0 Å². The van der Waals surface area contributed by atoms with Crippen LogP contribution in [0.3, 0.4) is 0 Å². The summed E-state index contributed by atoms with van der Waals surface area (Å²) < 4.78 is 20.0. The van der Waals surface area contributed by atoms with Crippen molar-refractivity contribution < 1.29 is 28.1 Å². The Morgan fingerprint density at radius 2 is 1.90 bits per heavy atom. The lowest BCUT2D eigenvalue weighted by Gasteiger charge is -2.03. The second kappa shape index (κ2) is 9.40. The standard InChI is InChI=1S/C19H18N4O6/c1-3-16(24)26-9-10-27-17(25)8-7-15-21-18(23-28-15)13-5-4-6-14(11-13)19-20-12(2)22-29-19/h3-6,11H,1,7-10H2,2H3. The first-order valence-corrected chi connectivity index (χ1v) is 8.73. The molecular weight excluding hydrogens is 380 g/mol. The fourth-order valence-electron chi connectivity index (χ4n) is 2.32. The van der Waals surface area contributed by atoms with E-state index in [0.29, 0.717) is 29.0 Å². The van der Waals surface area contributed by atoms with Gasteiger partial charge in [-0.1, -0.05) is 29.0 Å². The van der Waals surface area contributed by atoms with E-state index in [-0.39, 0.29) is 26.1 Å². The average molecular weight is 398 g/mol. The molecule has 0 aliphatic carbocycles. The van der Waals surface area contributed by atoms with E-state index >= 15 is 0 Å². The van der Waals surface area contributed by atoms with Crippen molar-refractivity contribution in [2.45, 2.75) is 19.8 Å². The van der Waals surface area contributed by atoms with Gasteiger partial charge in [0.05, 0.1) is 6.42 Å². The molecule has 0 atom stereocenters. The van der Waals surface area contributed by atoms with E-state index < -0.39 is 11.9 Å². The van der Waals surface area contributed by atoms with Gasteiger partial charge in [-0.3, -0.25) is 4.79 Å². The summed E-state index contributed by atoms with van der Waals surface area (Å²) in [5.41, 5.74) is 1.44. The third-order valence-electron chi connectivity index (χ3n) is 3.66. The molecule has 0 saturated heterocycles. The third-order valence-corrected chi connectivity index (χ3v) is 3.66. The number of hydrogen-bond acceptors (Lipinski definition) is 10. The predicted octanol–water partition coefficient (Wildman–Crippen LogP) is 2.30. The molecule has 0 bridgehead atoms. The summed E-state index contributed by atoms with van der Waals surface area (Å²) >= 11 is 0. The van der Waals surface area contributed by atoms with Gasteiger partial charge >= 0.3 is 11.9 Å². The van der Waals surface area contributed by atoms with Crippen molar-refractivity contribution in [1.82, 2.24) is 20.3 Å². The van der Waals surface area contributed by atoms with Crippen molar-refractivity contribution in [3.63, 3.8) is 0 Å². The Labute approximate surface area is 165 Å². The number of aryl methyl sites for hydroxylation is 2. The second-order valence-electron chi connectivity index (χ2n) is 5.83. The lowest BCUT2D eigenvalue weighted by atomic mass is 10.1. The number of aromatic nitrogens is 4. The molecule has 1 aromatic carbocycles.